The monoisotopic (exact) mass is 940 g/mol. The van der Waals surface area contributed by atoms with Gasteiger partial charge < -0.3 is 14.2 Å². The molecule has 5 nitrogen and oxygen atoms in total. The molecule has 0 atom stereocenters. The van der Waals surface area contributed by atoms with Crippen LogP contribution in [-0.2, 0) is 5.41 Å². The van der Waals surface area contributed by atoms with Crippen LogP contribution in [-0.4, -0.2) is 26.8 Å². The first-order chi connectivity index (χ1) is 33.9. The molecule has 11 rings (SSSR count). The molecular formula is C63H52N4OSSi. The van der Waals surface area contributed by atoms with E-state index in [1.54, 1.807) is 0 Å². The molecule has 70 heavy (non-hydrogen) atoms. The van der Waals surface area contributed by atoms with E-state index in [1.807, 2.05) is 42.5 Å². The summed E-state index contributed by atoms with van der Waals surface area (Å²) in [6.45, 7) is 7.14. The number of furan rings is 1. The molecule has 0 fully saturated rings. The first-order valence-electron chi connectivity index (χ1n) is 23.6. The van der Waals surface area contributed by atoms with Crippen molar-refractivity contribution in [2.24, 2.45) is 0 Å². The van der Waals surface area contributed by atoms with E-state index in [-0.39, 0.29) is 0 Å². The van der Waals surface area contributed by atoms with Gasteiger partial charge in [0.25, 0.3) is 0 Å². The summed E-state index contributed by atoms with van der Waals surface area (Å²) in [5, 5.41) is 23.2. The lowest BCUT2D eigenvalue weighted by molar-refractivity contribution is 0.669. The summed E-state index contributed by atoms with van der Waals surface area (Å²) in [6, 6.07) is 78.1. The number of para-hydroxylation sites is 1. The maximum Gasteiger partial charge on any atom is 0.145 e. The lowest BCUT2D eigenvalue weighted by Gasteiger charge is -2.36. The van der Waals surface area contributed by atoms with E-state index in [4.69, 9.17) is 4.42 Å². The minimum atomic E-state index is -1.63. The molecule has 0 spiro atoms. The number of rotatable bonds is 10. The van der Waals surface area contributed by atoms with Crippen molar-refractivity contribution in [1.82, 2.24) is 0 Å². The summed E-state index contributed by atoms with van der Waals surface area (Å²) in [6.07, 6.45) is 6.97. The van der Waals surface area contributed by atoms with E-state index >= 15 is 0 Å². The van der Waals surface area contributed by atoms with Crippen molar-refractivity contribution >= 4 is 79.4 Å². The second kappa shape index (κ2) is 17.2. The summed E-state index contributed by atoms with van der Waals surface area (Å²) < 4.78 is 7.26. The Kier molecular flexibility index (Phi) is 10.9. The Bertz CT molecular complexity index is 3630. The lowest BCUT2D eigenvalue weighted by atomic mass is 9.67. The van der Waals surface area contributed by atoms with Gasteiger partial charge in [0.1, 0.15) is 11.2 Å². The molecule has 0 saturated carbocycles. The summed E-state index contributed by atoms with van der Waals surface area (Å²) in [4.78, 5) is 6.00. The molecule has 0 aliphatic heterocycles. The largest absolute Gasteiger partial charge is 0.455 e. The van der Waals surface area contributed by atoms with Crippen LogP contribution >= 0.6 is 10.0 Å². The molecule has 0 radical (unpaired) electrons. The fourth-order valence-corrected chi connectivity index (χ4v) is 12.6. The Morgan fingerprint density at radius 1 is 0.500 bits per heavy atom. The number of anilines is 6. The molecule has 1 aromatic heterocycles. The predicted octanol–water partition coefficient (Wildman–Crippen LogP) is 16.2. The number of fused-ring (bicyclic) bond motifs is 7. The van der Waals surface area contributed by atoms with Gasteiger partial charge >= 0.3 is 0 Å². The zero-order valence-corrected chi connectivity index (χ0v) is 42.1. The Morgan fingerprint density at radius 3 is 1.51 bits per heavy atom. The van der Waals surface area contributed by atoms with Gasteiger partial charge in [0.05, 0.1) is 47.8 Å². The van der Waals surface area contributed by atoms with Crippen molar-refractivity contribution in [3.05, 3.63) is 240 Å². The average Bonchev–Trinajstić information content (AvgIpc) is 3.91. The SMILES string of the molecule is C[Si](C)(C)c1ccc(N(c2ccc(C#N)cc2)c2cc3c(c4oc5ccccc5c24)-c2ccc(N(c4ccc(C#N)cc4)c4ccc(S(C)(C)C)cc4)cc2C3(c2ccccc2)c2ccccc2)cc1. The second-order valence-electron chi connectivity index (χ2n) is 19.9. The third-order valence-corrected chi connectivity index (χ3v) is 17.7. The summed E-state index contributed by atoms with van der Waals surface area (Å²) in [7, 11) is -2.59. The van der Waals surface area contributed by atoms with Gasteiger partial charge in [0.15, 0.2) is 0 Å². The molecule has 0 bridgehead atoms. The van der Waals surface area contributed by atoms with Crippen molar-refractivity contribution in [3.63, 3.8) is 0 Å². The average molecular weight is 941 g/mol. The molecule has 1 heterocycles. The van der Waals surface area contributed by atoms with Gasteiger partial charge in [-0.2, -0.15) is 10.5 Å². The van der Waals surface area contributed by atoms with Gasteiger partial charge in [0, 0.05) is 39.4 Å². The lowest BCUT2D eigenvalue weighted by Crippen LogP contribution is -2.37. The van der Waals surface area contributed by atoms with Crippen LogP contribution in [0.1, 0.15) is 33.4 Å². The smallest absolute Gasteiger partial charge is 0.145 e. The quantitative estimate of drug-likeness (QED) is 0.128. The van der Waals surface area contributed by atoms with E-state index in [9.17, 15) is 10.5 Å². The van der Waals surface area contributed by atoms with Gasteiger partial charge in [0.2, 0.25) is 0 Å². The van der Waals surface area contributed by atoms with Crippen LogP contribution in [0, 0.1) is 22.7 Å². The first kappa shape index (κ1) is 44.4. The van der Waals surface area contributed by atoms with Gasteiger partial charge in [-0.15, -0.1) is 0 Å². The maximum absolute atomic E-state index is 9.96. The normalized spacial score (nSPS) is 13.0. The third-order valence-electron chi connectivity index (χ3n) is 13.9. The molecule has 7 heteroatoms. The summed E-state index contributed by atoms with van der Waals surface area (Å²) >= 11 is 0. The van der Waals surface area contributed by atoms with Crippen LogP contribution in [0.3, 0.4) is 0 Å². The maximum atomic E-state index is 9.96. The van der Waals surface area contributed by atoms with Gasteiger partial charge in [-0.25, -0.2) is 10.0 Å². The van der Waals surface area contributed by atoms with E-state index < -0.39 is 23.5 Å². The van der Waals surface area contributed by atoms with Gasteiger partial charge in [-0.1, -0.05) is 122 Å². The van der Waals surface area contributed by atoms with Crippen molar-refractivity contribution in [2.75, 3.05) is 28.6 Å². The molecule has 1 aliphatic carbocycles. The van der Waals surface area contributed by atoms with Gasteiger partial charge in [-0.05, 0) is 161 Å². The van der Waals surface area contributed by atoms with Crippen molar-refractivity contribution in [2.45, 2.75) is 30.0 Å². The first-order valence-corrected chi connectivity index (χ1v) is 30.0. The van der Waals surface area contributed by atoms with Crippen LogP contribution in [0.4, 0.5) is 34.1 Å². The standard InChI is InChI=1S/C63H52N4OSSi/c1-69(2,3)52-34-29-48(30-35-52)66(47-25-21-43(41-64)22-26-47)51-33-38-54-56(39-51)63(45-15-9-7-10-16-45,46-17-11-8-12-18-46)57-40-58(61-55-19-13-14-20-59(55)68-62(61)60(54)57)67(49-27-23-44(42-65)24-28-49)50-31-36-53(37-32-50)70(4,5)6/h7-40H,1-6H3. The zero-order chi connectivity index (χ0) is 48.4. The van der Waals surface area contributed by atoms with Crippen LogP contribution in [0.15, 0.2) is 216 Å². The number of nitriles is 2. The van der Waals surface area contributed by atoms with Gasteiger partial charge in [-0.3, -0.25) is 0 Å². The fourth-order valence-electron chi connectivity index (χ4n) is 10.5. The van der Waals surface area contributed by atoms with Crippen molar-refractivity contribution in [1.29, 1.82) is 10.5 Å². The number of hydrogen-bond acceptors (Lipinski definition) is 5. The van der Waals surface area contributed by atoms with Crippen LogP contribution in [0.25, 0.3) is 33.1 Å². The molecule has 0 saturated heterocycles. The molecule has 0 amide bonds. The highest BCUT2D eigenvalue weighted by atomic mass is 32.3. The van der Waals surface area contributed by atoms with Crippen LogP contribution in [0.2, 0.25) is 19.6 Å². The number of hydrogen-bond donors (Lipinski definition) is 0. The third kappa shape index (κ3) is 7.38. The Morgan fingerprint density at radius 2 is 0.986 bits per heavy atom. The minimum absolute atomic E-state index is 0.602. The van der Waals surface area contributed by atoms with E-state index in [1.165, 1.54) is 10.1 Å². The Hall–Kier alpha value is -8.07. The molecular weight excluding hydrogens is 889 g/mol. The molecule has 10 aromatic rings. The molecule has 1 aliphatic rings. The van der Waals surface area contributed by atoms with E-state index in [0.717, 1.165) is 89.4 Å². The zero-order valence-electron chi connectivity index (χ0n) is 40.2. The Labute approximate surface area is 413 Å². The van der Waals surface area contributed by atoms with Crippen LogP contribution < -0.4 is 15.0 Å². The molecule has 0 N–H and O–H groups in total. The second-order valence-corrected chi connectivity index (χ2v) is 29.2. The van der Waals surface area contributed by atoms with Crippen molar-refractivity contribution in [3.8, 4) is 23.3 Å². The fraction of sp³-hybridized carbons (Fsp3) is 0.111. The minimum Gasteiger partial charge on any atom is -0.455 e. The number of benzene rings is 9. The highest BCUT2D eigenvalue weighted by Crippen LogP contribution is 2.62. The molecule has 340 valence electrons. The highest BCUT2D eigenvalue weighted by molar-refractivity contribution is 8.32. The van der Waals surface area contributed by atoms with E-state index in [2.05, 4.69) is 224 Å². The topological polar surface area (TPSA) is 67.2 Å². The number of nitrogens with zero attached hydrogens (tertiary/aromatic N) is 4. The van der Waals surface area contributed by atoms with Crippen LogP contribution in [0.5, 0.6) is 0 Å². The molecule has 0 unspecified atom stereocenters. The highest BCUT2D eigenvalue weighted by Gasteiger charge is 2.49. The van der Waals surface area contributed by atoms with Crippen molar-refractivity contribution < 1.29 is 4.42 Å². The Balaban J connectivity index is 1.26. The molecule has 9 aromatic carbocycles. The summed E-state index contributed by atoms with van der Waals surface area (Å²) in [5.74, 6) is 0. The predicted molar refractivity (Wildman–Crippen MR) is 296 cm³/mol. The summed E-state index contributed by atoms with van der Waals surface area (Å²) in [5.41, 5.74) is 14.6. The van der Waals surface area contributed by atoms with E-state index in [0.29, 0.717) is 11.1 Å².